The first-order valence-electron chi connectivity index (χ1n) is 9.99. The average Bonchev–Trinajstić information content (AvgIpc) is 3.11. The van der Waals surface area contributed by atoms with Gasteiger partial charge in [0.2, 0.25) is 0 Å². The van der Waals surface area contributed by atoms with Gasteiger partial charge in [0.15, 0.2) is 9.84 Å². The van der Waals surface area contributed by atoms with Crippen molar-refractivity contribution >= 4 is 32.5 Å². The fourth-order valence-corrected chi connectivity index (χ4v) is 4.63. The summed E-state index contributed by atoms with van der Waals surface area (Å²) in [5.41, 5.74) is 6.75. The molecule has 174 valence electrons. The first-order valence-corrected chi connectivity index (χ1v) is 11.9. The third-order valence-corrected chi connectivity index (χ3v) is 6.28. The number of anilines is 2. The number of nitrogens with one attached hydrogen (secondary N) is 1. The minimum Gasteiger partial charge on any atom is -0.382 e. The number of hydrogen-bond donors (Lipinski definition) is 2. The van der Waals surface area contributed by atoms with E-state index in [1.165, 1.54) is 24.5 Å². The van der Waals surface area contributed by atoms with Gasteiger partial charge in [0.1, 0.15) is 47.1 Å². The third kappa shape index (κ3) is 4.38. The molecule has 2 aromatic carbocycles. The molecule has 34 heavy (non-hydrogen) atoms. The molecule has 0 radical (unpaired) electrons. The SMILES string of the molecule is C[C@H](Nc1ncnc(N)c1C#N)c1nc2cccc(S(C)(=O)=O)c2n1Cc1cc(F)cc(F)c1. The van der Waals surface area contributed by atoms with Crippen molar-refractivity contribution < 1.29 is 17.2 Å². The summed E-state index contributed by atoms with van der Waals surface area (Å²) in [4.78, 5) is 12.5. The maximum Gasteiger partial charge on any atom is 0.177 e. The molecule has 2 aromatic heterocycles. The highest BCUT2D eigenvalue weighted by molar-refractivity contribution is 7.91. The zero-order valence-electron chi connectivity index (χ0n) is 18.1. The number of hydrogen-bond acceptors (Lipinski definition) is 8. The van der Waals surface area contributed by atoms with Crippen LogP contribution in [0.25, 0.3) is 11.0 Å². The van der Waals surface area contributed by atoms with Crippen LogP contribution in [0.3, 0.4) is 0 Å². The number of rotatable bonds is 6. The summed E-state index contributed by atoms with van der Waals surface area (Å²) in [7, 11) is -3.66. The van der Waals surface area contributed by atoms with Gasteiger partial charge in [0.25, 0.3) is 0 Å². The van der Waals surface area contributed by atoms with Gasteiger partial charge in [0.05, 0.1) is 22.0 Å². The number of halogens is 2. The molecule has 0 spiro atoms. The van der Waals surface area contributed by atoms with E-state index in [0.717, 1.165) is 12.3 Å². The maximum absolute atomic E-state index is 13.9. The number of para-hydroxylation sites is 1. The molecule has 1 atom stereocenters. The predicted molar refractivity (Wildman–Crippen MR) is 121 cm³/mol. The standard InChI is InChI=1S/C22H19F2N7O2S/c1-12(29-21-16(9-25)20(26)27-11-28-21)22-30-17-4-3-5-18(34(2,32)33)19(17)31(22)10-13-6-14(23)8-15(24)7-13/h3-8,11-12H,10H2,1-2H3,(H3,26,27,28,29)/t12-/m0/s1. The molecule has 2 heterocycles. The molecule has 0 aliphatic carbocycles. The molecule has 3 N–H and O–H groups in total. The van der Waals surface area contributed by atoms with Gasteiger partial charge in [-0.2, -0.15) is 5.26 Å². The van der Waals surface area contributed by atoms with Crippen LogP contribution in [-0.4, -0.2) is 34.2 Å². The molecule has 0 amide bonds. The predicted octanol–water partition coefficient (Wildman–Crippen LogP) is 3.18. The minimum atomic E-state index is -3.66. The Balaban J connectivity index is 1.90. The highest BCUT2D eigenvalue weighted by Gasteiger charge is 2.24. The first kappa shape index (κ1) is 23.1. The average molecular weight is 484 g/mol. The number of nitrogen functional groups attached to an aromatic ring is 1. The lowest BCUT2D eigenvalue weighted by Gasteiger charge is -2.18. The van der Waals surface area contributed by atoms with E-state index >= 15 is 0 Å². The second kappa shape index (κ2) is 8.68. The topological polar surface area (TPSA) is 140 Å². The van der Waals surface area contributed by atoms with Crippen molar-refractivity contribution in [2.75, 3.05) is 17.3 Å². The Bertz CT molecular complexity index is 1540. The van der Waals surface area contributed by atoms with Crippen molar-refractivity contribution in [1.82, 2.24) is 19.5 Å². The fraction of sp³-hybridized carbons (Fsp3) is 0.182. The molecule has 4 aromatic rings. The molecule has 0 aliphatic heterocycles. The highest BCUT2D eigenvalue weighted by Crippen LogP contribution is 2.30. The van der Waals surface area contributed by atoms with Crippen LogP contribution in [0.15, 0.2) is 47.6 Å². The summed E-state index contributed by atoms with van der Waals surface area (Å²) in [6.45, 7) is 1.67. The molecular formula is C22H19F2N7O2S. The summed E-state index contributed by atoms with van der Waals surface area (Å²) in [5, 5.41) is 12.5. The molecule has 12 heteroatoms. The van der Waals surface area contributed by atoms with Crippen molar-refractivity contribution in [3.05, 3.63) is 71.3 Å². The quantitative estimate of drug-likeness (QED) is 0.426. The number of sulfone groups is 1. The molecule has 4 rings (SSSR count). The van der Waals surface area contributed by atoms with Crippen molar-refractivity contribution in [2.24, 2.45) is 0 Å². The van der Waals surface area contributed by atoms with E-state index in [9.17, 15) is 22.5 Å². The maximum atomic E-state index is 13.9. The minimum absolute atomic E-state index is 0.00435. The molecule has 0 unspecified atom stereocenters. The van der Waals surface area contributed by atoms with E-state index in [-0.39, 0.29) is 34.2 Å². The summed E-state index contributed by atoms with van der Waals surface area (Å²) in [5.74, 6) is -0.996. The molecule has 0 saturated heterocycles. The number of imidazole rings is 1. The Morgan fingerprint density at radius 2 is 1.91 bits per heavy atom. The van der Waals surface area contributed by atoms with E-state index in [1.807, 2.05) is 6.07 Å². The van der Waals surface area contributed by atoms with Gasteiger partial charge in [-0.25, -0.2) is 32.2 Å². The Morgan fingerprint density at radius 3 is 2.56 bits per heavy atom. The van der Waals surface area contributed by atoms with Crippen LogP contribution >= 0.6 is 0 Å². The van der Waals surface area contributed by atoms with Crippen molar-refractivity contribution in [1.29, 1.82) is 5.26 Å². The number of nitriles is 1. The lowest BCUT2D eigenvalue weighted by Crippen LogP contribution is -2.17. The van der Waals surface area contributed by atoms with Crippen molar-refractivity contribution in [3.63, 3.8) is 0 Å². The second-order valence-corrected chi connectivity index (χ2v) is 9.67. The molecular weight excluding hydrogens is 464 g/mol. The highest BCUT2D eigenvalue weighted by atomic mass is 32.2. The number of benzene rings is 2. The van der Waals surface area contributed by atoms with Crippen molar-refractivity contribution in [3.8, 4) is 6.07 Å². The van der Waals surface area contributed by atoms with Gasteiger partial charge in [-0.1, -0.05) is 6.07 Å². The van der Waals surface area contributed by atoms with E-state index in [1.54, 1.807) is 23.6 Å². The van der Waals surface area contributed by atoms with Gasteiger partial charge in [-0.05, 0) is 36.8 Å². The van der Waals surface area contributed by atoms with Gasteiger partial charge < -0.3 is 15.6 Å². The normalized spacial score (nSPS) is 12.4. The Hall–Kier alpha value is -4.11. The fourth-order valence-electron chi connectivity index (χ4n) is 3.73. The van der Waals surface area contributed by atoms with Crippen LogP contribution in [0, 0.1) is 23.0 Å². The van der Waals surface area contributed by atoms with Gasteiger partial charge in [-0.3, -0.25) is 0 Å². The van der Waals surface area contributed by atoms with E-state index in [0.29, 0.717) is 16.9 Å². The zero-order chi connectivity index (χ0) is 24.6. The van der Waals surface area contributed by atoms with Crippen LogP contribution in [0.5, 0.6) is 0 Å². The summed E-state index contributed by atoms with van der Waals surface area (Å²) in [6.07, 6.45) is 2.27. The molecule has 0 bridgehead atoms. The van der Waals surface area contributed by atoms with E-state index in [2.05, 4.69) is 20.3 Å². The lowest BCUT2D eigenvalue weighted by atomic mass is 10.2. The Morgan fingerprint density at radius 1 is 1.21 bits per heavy atom. The lowest BCUT2D eigenvalue weighted by molar-refractivity contribution is 0.576. The van der Waals surface area contributed by atoms with E-state index < -0.39 is 27.5 Å². The smallest absolute Gasteiger partial charge is 0.177 e. The van der Waals surface area contributed by atoms with Crippen molar-refractivity contribution in [2.45, 2.75) is 24.4 Å². The molecule has 0 aliphatic rings. The van der Waals surface area contributed by atoms with Gasteiger partial charge in [0, 0.05) is 18.9 Å². The Kier molecular flexibility index (Phi) is 5.89. The van der Waals surface area contributed by atoms with Gasteiger partial charge in [-0.15, -0.1) is 0 Å². The largest absolute Gasteiger partial charge is 0.382 e. The number of nitrogens with two attached hydrogens (primary N) is 1. The van der Waals surface area contributed by atoms with Crippen LogP contribution in [-0.2, 0) is 16.4 Å². The molecule has 0 fully saturated rings. The van der Waals surface area contributed by atoms with Gasteiger partial charge >= 0.3 is 0 Å². The zero-order valence-corrected chi connectivity index (χ0v) is 18.9. The second-order valence-electron chi connectivity index (χ2n) is 7.69. The third-order valence-electron chi connectivity index (χ3n) is 5.15. The molecule has 9 nitrogen and oxygen atoms in total. The monoisotopic (exact) mass is 483 g/mol. The Labute approximate surface area is 193 Å². The van der Waals surface area contributed by atoms with Crippen LogP contribution in [0.2, 0.25) is 0 Å². The molecule has 0 saturated carbocycles. The first-order chi connectivity index (χ1) is 16.1. The number of aromatic nitrogens is 4. The number of nitrogens with zero attached hydrogens (tertiary/aromatic N) is 5. The van der Waals surface area contributed by atoms with Crippen LogP contribution in [0.1, 0.15) is 29.9 Å². The summed E-state index contributed by atoms with van der Waals surface area (Å²) >= 11 is 0. The summed E-state index contributed by atoms with van der Waals surface area (Å²) < 4.78 is 54.3. The van der Waals surface area contributed by atoms with Crippen LogP contribution < -0.4 is 11.1 Å². The van der Waals surface area contributed by atoms with Crippen LogP contribution in [0.4, 0.5) is 20.4 Å². The number of fused-ring (bicyclic) bond motifs is 1. The summed E-state index contributed by atoms with van der Waals surface area (Å²) in [6, 6.07) is 9.08. The van der Waals surface area contributed by atoms with E-state index in [4.69, 9.17) is 5.73 Å².